The highest BCUT2D eigenvalue weighted by molar-refractivity contribution is 7.59. The van der Waals surface area contributed by atoms with E-state index in [1.54, 1.807) is 0 Å². The molecule has 2 aliphatic rings. The van der Waals surface area contributed by atoms with Crippen molar-refractivity contribution in [3.63, 3.8) is 0 Å². The van der Waals surface area contributed by atoms with E-state index in [4.69, 9.17) is 9.40 Å². The molecule has 0 N–H and O–H groups in total. The van der Waals surface area contributed by atoms with E-state index in [-0.39, 0.29) is 13.5 Å². The number of aromatic nitrogens is 2. The largest absolute Gasteiger partial charge is 0.456 e. The third kappa shape index (κ3) is 6.89. The quantitative estimate of drug-likeness (QED) is 0.153. The second-order valence-electron chi connectivity index (χ2n) is 15.8. The Labute approximate surface area is 381 Å². The molecule has 0 aliphatic heterocycles. The Kier molecular flexibility index (Phi) is 11.4. The van der Waals surface area contributed by atoms with Crippen molar-refractivity contribution in [2.45, 2.75) is 53.9 Å². The fraction of sp³-hybridized carbons (Fsp3) is 0.140. The molecule has 9 aromatic rings. The Hall–Kier alpha value is -6.60. The monoisotopic (exact) mass is 857 g/mol. The van der Waals surface area contributed by atoms with Crippen molar-refractivity contribution in [3.05, 3.63) is 197 Å². The lowest BCUT2D eigenvalue weighted by atomic mass is 9.94. The van der Waals surface area contributed by atoms with Crippen molar-refractivity contribution in [1.82, 2.24) is 9.55 Å². The highest BCUT2D eigenvalue weighted by atomic mass is 32.1. The highest BCUT2D eigenvalue weighted by Gasteiger charge is 2.34. The minimum Gasteiger partial charge on any atom is -0.456 e. The van der Waals surface area contributed by atoms with Crippen molar-refractivity contribution < 1.29 is 4.42 Å². The number of para-hydroxylation sites is 1. The Morgan fingerprint density at radius 2 is 1.54 bits per heavy atom. The maximum Gasteiger partial charge on any atom is 0.137 e. The van der Waals surface area contributed by atoms with Crippen LogP contribution in [0.15, 0.2) is 180 Å². The molecule has 0 saturated heterocycles. The highest BCUT2D eigenvalue weighted by Crippen LogP contribution is 2.53. The second-order valence-corrected chi connectivity index (χ2v) is 16.8. The molecule has 4 nitrogen and oxygen atoms in total. The van der Waals surface area contributed by atoms with Crippen LogP contribution in [0.3, 0.4) is 0 Å². The molecular formula is C57H51N3OS2. The zero-order valence-corrected chi connectivity index (χ0v) is 38.3. The van der Waals surface area contributed by atoms with Crippen molar-refractivity contribution in [2.75, 3.05) is 4.90 Å². The maximum atomic E-state index is 6.33. The first-order valence-corrected chi connectivity index (χ1v) is 22.7. The van der Waals surface area contributed by atoms with Crippen LogP contribution < -0.4 is 4.90 Å². The van der Waals surface area contributed by atoms with Crippen molar-refractivity contribution >= 4 is 102 Å². The normalized spacial score (nSPS) is 14.0. The van der Waals surface area contributed by atoms with Gasteiger partial charge in [-0.05, 0) is 133 Å². The van der Waals surface area contributed by atoms with Crippen molar-refractivity contribution in [1.29, 1.82) is 0 Å². The van der Waals surface area contributed by atoms with Gasteiger partial charge < -0.3 is 8.98 Å². The van der Waals surface area contributed by atoms with Crippen LogP contribution in [0.1, 0.15) is 69.2 Å². The molecule has 63 heavy (non-hydrogen) atoms. The molecule has 0 saturated carbocycles. The molecule has 6 heteroatoms. The first-order chi connectivity index (χ1) is 30.5. The summed E-state index contributed by atoms with van der Waals surface area (Å²) in [5, 5.41) is 4.86. The van der Waals surface area contributed by atoms with Gasteiger partial charge in [0, 0.05) is 49.9 Å². The van der Waals surface area contributed by atoms with Crippen molar-refractivity contribution in [2.24, 2.45) is 0 Å². The van der Waals surface area contributed by atoms with Gasteiger partial charge in [-0.3, -0.25) is 4.90 Å². The van der Waals surface area contributed by atoms with Crippen LogP contribution in [0, 0.1) is 0 Å². The summed E-state index contributed by atoms with van der Waals surface area (Å²) in [6, 6.07) is 45.5. The lowest BCUT2D eigenvalue weighted by Crippen LogP contribution is -2.11. The summed E-state index contributed by atoms with van der Waals surface area (Å²) in [4.78, 5) is 8.37. The summed E-state index contributed by atoms with van der Waals surface area (Å²) in [6.45, 7) is 15.0. The van der Waals surface area contributed by atoms with Gasteiger partial charge in [0.1, 0.15) is 17.0 Å². The van der Waals surface area contributed by atoms with Crippen LogP contribution >= 0.6 is 24.8 Å². The number of aryl methyl sites for hydroxylation is 1. The maximum absolute atomic E-state index is 6.33. The number of benzene rings is 5. The number of anilines is 3. The molecule has 0 bridgehead atoms. The Bertz CT molecular complexity index is 3330. The van der Waals surface area contributed by atoms with Crippen molar-refractivity contribution in [3.8, 4) is 11.1 Å². The topological polar surface area (TPSA) is 34.2 Å². The number of hydrogen-bond acceptors (Lipinski definition) is 4. The van der Waals surface area contributed by atoms with Gasteiger partial charge in [0.2, 0.25) is 0 Å². The minimum atomic E-state index is 0. The molecule has 0 amide bonds. The molecule has 0 radical (unpaired) electrons. The lowest BCUT2D eigenvalue weighted by Gasteiger charge is -2.24. The SMILES string of the molecule is C=C(C)C1=C(/C=C\C)c2c(c3cc(-c4ccc(N(c5ccc6c(c5)oc5ccccc56)c5ccccn5)cc4)ccc3n2C2=CCCc3c2sc2ccccc32)/C1=C/CC.CC.S. The third-order valence-electron chi connectivity index (χ3n) is 12.1. The van der Waals surface area contributed by atoms with E-state index >= 15 is 0 Å². The van der Waals surface area contributed by atoms with E-state index in [2.05, 4.69) is 164 Å². The summed E-state index contributed by atoms with van der Waals surface area (Å²) in [6.07, 6.45) is 14.2. The predicted molar refractivity (Wildman–Crippen MR) is 277 cm³/mol. The summed E-state index contributed by atoms with van der Waals surface area (Å²) in [7, 11) is 0. The standard InChI is InChI=1S/C55H43N3OS.C2H6.H2S/c1-5-14-43-52(34(3)4)44(15-6-2)54-53(43)45-32-36(25-30-46(45)58(54)47-19-13-18-42-41-17-8-10-21-50(41)60-55(42)47)35-23-26-37(27-24-35)57(51-22-11-12-31-56-51)38-28-29-40-39-16-7-9-20-48(39)59-49(40)33-38;1-2;/h6-12,14-17,19-33H,3,5,13,18H2,1-2,4H3;1-2H3;1H2/b15-6-,43-14+;;. The molecule has 0 unspecified atom stereocenters. The molecule has 5 aromatic carbocycles. The fourth-order valence-corrected chi connectivity index (χ4v) is 10.9. The van der Waals surface area contributed by atoms with E-state index in [0.717, 1.165) is 69.5 Å². The zero-order chi connectivity index (χ0) is 42.5. The first-order valence-electron chi connectivity index (χ1n) is 21.9. The number of pyridine rings is 1. The summed E-state index contributed by atoms with van der Waals surface area (Å²) in [5.74, 6) is 0.839. The van der Waals surface area contributed by atoms with Gasteiger partial charge in [-0.1, -0.05) is 112 Å². The van der Waals surface area contributed by atoms with Crippen LogP contribution in [-0.2, 0) is 6.42 Å². The smallest absolute Gasteiger partial charge is 0.137 e. The van der Waals surface area contributed by atoms with E-state index in [1.165, 1.54) is 70.7 Å². The lowest BCUT2D eigenvalue weighted by molar-refractivity contribution is 0.669. The van der Waals surface area contributed by atoms with E-state index in [9.17, 15) is 0 Å². The Morgan fingerprint density at radius 1 is 0.810 bits per heavy atom. The fourth-order valence-electron chi connectivity index (χ4n) is 9.58. The van der Waals surface area contributed by atoms with Gasteiger partial charge >= 0.3 is 0 Å². The van der Waals surface area contributed by atoms with Crippen LogP contribution in [0.4, 0.5) is 17.2 Å². The second kappa shape index (κ2) is 17.3. The van der Waals surface area contributed by atoms with Gasteiger partial charge in [0.05, 0.1) is 27.5 Å². The number of hydrogen-bond donors (Lipinski definition) is 0. The van der Waals surface area contributed by atoms with Crippen LogP contribution in [0.2, 0.25) is 0 Å². The van der Waals surface area contributed by atoms with E-state index in [1.807, 2.05) is 55.6 Å². The van der Waals surface area contributed by atoms with Gasteiger partial charge in [-0.25, -0.2) is 4.98 Å². The Morgan fingerprint density at radius 3 is 2.30 bits per heavy atom. The van der Waals surface area contributed by atoms with Gasteiger partial charge in [0.15, 0.2) is 0 Å². The number of rotatable bonds is 8. The molecular weight excluding hydrogens is 807 g/mol. The van der Waals surface area contributed by atoms with E-state index < -0.39 is 0 Å². The molecule has 0 fully saturated rings. The first kappa shape index (κ1) is 41.7. The third-order valence-corrected chi connectivity index (χ3v) is 13.3. The number of allylic oxidation sites excluding steroid dienone is 8. The van der Waals surface area contributed by atoms with Gasteiger partial charge in [-0.15, -0.1) is 11.3 Å². The number of furan rings is 1. The molecule has 4 aromatic heterocycles. The summed E-state index contributed by atoms with van der Waals surface area (Å²) < 4.78 is 10.2. The van der Waals surface area contributed by atoms with E-state index in [0.29, 0.717) is 0 Å². The molecule has 11 rings (SSSR count). The number of fused-ring (bicyclic) bond motifs is 9. The molecule has 4 heterocycles. The van der Waals surface area contributed by atoms with Gasteiger partial charge in [-0.2, -0.15) is 13.5 Å². The molecule has 0 spiro atoms. The number of nitrogens with zero attached hydrogens (tertiary/aromatic N) is 3. The van der Waals surface area contributed by atoms with Gasteiger partial charge in [0.25, 0.3) is 0 Å². The summed E-state index contributed by atoms with van der Waals surface area (Å²) in [5.41, 5.74) is 17.5. The van der Waals surface area contributed by atoms with Crippen LogP contribution in [0.25, 0.3) is 70.9 Å². The van der Waals surface area contributed by atoms with Crippen LogP contribution in [0.5, 0.6) is 0 Å². The zero-order valence-electron chi connectivity index (χ0n) is 36.5. The molecule has 312 valence electrons. The average molecular weight is 858 g/mol. The summed E-state index contributed by atoms with van der Waals surface area (Å²) >= 11 is 1.93. The van der Waals surface area contributed by atoms with Crippen LogP contribution in [-0.4, -0.2) is 9.55 Å². The molecule has 0 atom stereocenters. The molecule has 2 aliphatic carbocycles. The average Bonchev–Trinajstić information content (AvgIpc) is 4.06. The Balaban J connectivity index is 0.00000166. The predicted octanol–water partition coefficient (Wildman–Crippen LogP) is 17.0. The minimum absolute atomic E-state index is 0. The number of thiophene rings is 1.